The maximum absolute atomic E-state index is 14.8. The molecule has 0 unspecified atom stereocenters. The summed E-state index contributed by atoms with van der Waals surface area (Å²) in [6.07, 6.45) is 4.50. The van der Waals surface area contributed by atoms with E-state index in [4.69, 9.17) is 0 Å². The van der Waals surface area contributed by atoms with E-state index in [2.05, 4.69) is 54.1 Å². The fourth-order valence-corrected chi connectivity index (χ4v) is 8.47. The third-order valence-electron chi connectivity index (χ3n) is 9.05. The van der Waals surface area contributed by atoms with Crippen LogP contribution in [0.2, 0.25) is 0 Å². The lowest BCUT2D eigenvalue weighted by molar-refractivity contribution is -0.147. The number of hydrogen-bond acceptors (Lipinski definition) is 5. The van der Waals surface area contributed by atoms with Crippen LogP contribution in [0.1, 0.15) is 37.3 Å². The molecule has 0 bridgehead atoms. The van der Waals surface area contributed by atoms with Crippen LogP contribution in [0.4, 0.5) is 5.69 Å². The molecule has 3 atom stereocenters. The summed E-state index contributed by atoms with van der Waals surface area (Å²) in [5.41, 5.74) is 2.19. The summed E-state index contributed by atoms with van der Waals surface area (Å²) in [7, 11) is 2.06. The summed E-state index contributed by atoms with van der Waals surface area (Å²) in [6, 6.07) is 18.4. The van der Waals surface area contributed by atoms with E-state index in [9.17, 15) is 9.59 Å². The number of hydrogen-bond donors (Lipinski definition) is 0. The minimum atomic E-state index is -0.958. The van der Waals surface area contributed by atoms with Crippen molar-refractivity contribution in [2.45, 2.75) is 31.7 Å². The lowest BCUT2D eigenvalue weighted by Crippen LogP contribution is -2.62. The lowest BCUT2D eigenvalue weighted by atomic mass is 9.54. The molecule has 4 aliphatic rings. The van der Waals surface area contributed by atoms with Crippen LogP contribution in [0.15, 0.2) is 60.2 Å². The van der Waals surface area contributed by atoms with Crippen molar-refractivity contribution in [1.29, 1.82) is 0 Å². The van der Waals surface area contributed by atoms with Crippen molar-refractivity contribution >= 4 is 35.2 Å². The smallest absolute Gasteiger partial charge is 0.254 e. The van der Waals surface area contributed by atoms with E-state index in [1.54, 1.807) is 0 Å². The van der Waals surface area contributed by atoms with Crippen molar-refractivity contribution in [3.63, 3.8) is 0 Å². The van der Waals surface area contributed by atoms with Gasteiger partial charge in [0, 0.05) is 36.7 Å². The molecule has 1 saturated carbocycles. The topological polar surface area (TPSA) is 43.9 Å². The van der Waals surface area contributed by atoms with E-state index in [0.29, 0.717) is 6.67 Å². The van der Waals surface area contributed by atoms with Gasteiger partial charge < -0.3 is 0 Å². The zero-order valence-electron chi connectivity index (χ0n) is 21.3. The maximum atomic E-state index is 14.8. The number of amides is 1. The standard InChI is InChI=1S/C30H35N3O2S/c1-22-20-31(2)30(29(22)14-8-11-24(27(29)34)19-23-9-4-3-5-10-23)25-12-6-7-13-26(25)33(28(30)35)21-32-15-17-36-18-16-32/h3-7,9-10,12-13,19,22H,8,11,14-18,20-21H2,1-2H3/b24-19+/t22-,29+,30-/m1/s1. The van der Waals surface area contributed by atoms with Crippen molar-refractivity contribution in [3.8, 4) is 0 Å². The zero-order chi connectivity index (χ0) is 24.9. The van der Waals surface area contributed by atoms with Gasteiger partial charge in [-0.3, -0.25) is 24.3 Å². The number of nitrogens with zero attached hydrogens (tertiary/aromatic N) is 3. The van der Waals surface area contributed by atoms with E-state index in [-0.39, 0.29) is 17.6 Å². The highest BCUT2D eigenvalue weighted by atomic mass is 32.2. The molecule has 3 heterocycles. The molecular formula is C30H35N3O2S. The Labute approximate surface area is 218 Å². The number of benzene rings is 2. The van der Waals surface area contributed by atoms with Crippen LogP contribution in [0, 0.1) is 11.3 Å². The number of allylic oxidation sites excluding steroid dienone is 1. The number of likely N-dealkylation sites (N-methyl/N-ethyl adjacent to an activating group) is 1. The molecule has 2 saturated heterocycles. The fraction of sp³-hybridized carbons (Fsp3) is 0.467. The Morgan fingerprint density at radius 2 is 1.75 bits per heavy atom. The first kappa shape index (κ1) is 24.0. The van der Waals surface area contributed by atoms with Gasteiger partial charge >= 0.3 is 0 Å². The number of rotatable bonds is 3. The van der Waals surface area contributed by atoms with Gasteiger partial charge in [-0.05, 0) is 55.5 Å². The van der Waals surface area contributed by atoms with Crippen molar-refractivity contribution in [3.05, 3.63) is 71.3 Å². The number of likely N-dealkylation sites (tertiary alicyclic amines) is 1. The highest BCUT2D eigenvalue weighted by Gasteiger charge is 2.73. The van der Waals surface area contributed by atoms with Crippen molar-refractivity contribution in [1.82, 2.24) is 9.80 Å². The lowest BCUT2D eigenvalue weighted by Gasteiger charge is -2.48. The van der Waals surface area contributed by atoms with Crippen LogP contribution in [0.25, 0.3) is 6.08 Å². The number of Topliss-reactive ketones (excluding diaryl/α,β-unsaturated/α-hetero) is 1. The van der Waals surface area contributed by atoms with Crippen LogP contribution in [-0.4, -0.2) is 66.3 Å². The molecule has 1 amide bonds. The fourth-order valence-electron chi connectivity index (χ4n) is 7.49. The Bertz CT molecular complexity index is 1210. The largest absolute Gasteiger partial charge is 0.297 e. The van der Waals surface area contributed by atoms with Crippen molar-refractivity contribution < 1.29 is 9.59 Å². The normalized spacial score (nSPS) is 32.2. The molecule has 0 radical (unpaired) electrons. The number of anilines is 1. The summed E-state index contributed by atoms with van der Waals surface area (Å²) in [5, 5.41) is 0. The highest BCUT2D eigenvalue weighted by molar-refractivity contribution is 7.99. The Morgan fingerprint density at radius 1 is 1.03 bits per heavy atom. The summed E-state index contributed by atoms with van der Waals surface area (Å²) in [6.45, 7) is 5.50. The second kappa shape index (κ2) is 9.16. The van der Waals surface area contributed by atoms with E-state index in [1.807, 2.05) is 47.0 Å². The summed E-state index contributed by atoms with van der Waals surface area (Å²) < 4.78 is 0. The van der Waals surface area contributed by atoms with Gasteiger partial charge in [-0.1, -0.05) is 55.5 Å². The van der Waals surface area contributed by atoms with Crippen molar-refractivity contribution in [2.75, 3.05) is 49.8 Å². The van der Waals surface area contributed by atoms with E-state index in [0.717, 1.165) is 72.8 Å². The van der Waals surface area contributed by atoms with Gasteiger partial charge in [0.05, 0.1) is 17.8 Å². The Hall–Kier alpha value is -2.41. The van der Waals surface area contributed by atoms with Crippen LogP contribution in [0.3, 0.4) is 0 Å². The summed E-state index contributed by atoms with van der Waals surface area (Å²) >= 11 is 1.98. The minimum Gasteiger partial charge on any atom is -0.297 e. The Morgan fingerprint density at radius 3 is 2.53 bits per heavy atom. The number of ketones is 1. The van der Waals surface area contributed by atoms with E-state index in [1.165, 1.54) is 0 Å². The van der Waals surface area contributed by atoms with Gasteiger partial charge in [-0.15, -0.1) is 0 Å². The van der Waals surface area contributed by atoms with Crippen LogP contribution >= 0.6 is 11.8 Å². The first-order valence-corrected chi connectivity index (χ1v) is 14.4. The van der Waals surface area contributed by atoms with Crippen molar-refractivity contribution in [2.24, 2.45) is 11.3 Å². The molecule has 6 heteroatoms. The molecule has 1 aliphatic carbocycles. The molecule has 2 spiro atoms. The SMILES string of the molecule is C[C@@H]1CN(C)[C@]2(C(=O)N(CN3CCSCC3)c3ccccc32)[C@@]12CCC/C(=C\c1ccccc1)C2=O. The molecular weight excluding hydrogens is 466 g/mol. The van der Waals surface area contributed by atoms with Gasteiger partial charge in [0.15, 0.2) is 5.78 Å². The first-order valence-electron chi connectivity index (χ1n) is 13.2. The summed E-state index contributed by atoms with van der Waals surface area (Å²) in [4.78, 5) is 36.0. The van der Waals surface area contributed by atoms with Gasteiger partial charge in [-0.25, -0.2) is 0 Å². The van der Waals surface area contributed by atoms with E-state index >= 15 is 0 Å². The number of carbonyl (C=O) groups is 2. The number of thioether (sulfide) groups is 1. The van der Waals surface area contributed by atoms with Gasteiger partial charge in [0.25, 0.3) is 5.91 Å². The van der Waals surface area contributed by atoms with Crippen LogP contribution < -0.4 is 4.90 Å². The molecule has 6 rings (SSSR count). The molecule has 3 fully saturated rings. The predicted octanol–water partition coefficient (Wildman–Crippen LogP) is 4.64. The Balaban J connectivity index is 1.48. The molecule has 0 aromatic heterocycles. The Kier molecular flexibility index (Phi) is 6.09. The molecule has 3 aliphatic heterocycles. The first-order chi connectivity index (χ1) is 17.5. The third kappa shape index (κ3) is 3.30. The van der Waals surface area contributed by atoms with E-state index < -0.39 is 11.0 Å². The second-order valence-corrected chi connectivity index (χ2v) is 12.1. The molecule has 0 N–H and O–H groups in total. The minimum absolute atomic E-state index is 0.0813. The highest BCUT2D eigenvalue weighted by Crippen LogP contribution is 2.64. The number of para-hydroxylation sites is 1. The molecule has 5 nitrogen and oxygen atoms in total. The average molecular weight is 502 g/mol. The second-order valence-electron chi connectivity index (χ2n) is 10.8. The molecule has 2 aromatic carbocycles. The van der Waals surface area contributed by atoms with Gasteiger partial charge in [0.2, 0.25) is 0 Å². The third-order valence-corrected chi connectivity index (χ3v) is 9.99. The van der Waals surface area contributed by atoms with Gasteiger partial charge in [0.1, 0.15) is 5.54 Å². The monoisotopic (exact) mass is 501 g/mol. The quantitative estimate of drug-likeness (QED) is 0.574. The molecule has 36 heavy (non-hydrogen) atoms. The van der Waals surface area contributed by atoms with Crippen LogP contribution in [0.5, 0.6) is 0 Å². The number of fused-ring (bicyclic) bond motifs is 3. The zero-order valence-corrected chi connectivity index (χ0v) is 22.1. The predicted molar refractivity (Wildman–Crippen MR) is 147 cm³/mol. The molecule has 2 aromatic rings. The van der Waals surface area contributed by atoms with Gasteiger partial charge in [-0.2, -0.15) is 11.8 Å². The van der Waals surface area contributed by atoms with Crippen LogP contribution in [-0.2, 0) is 15.1 Å². The summed E-state index contributed by atoms with van der Waals surface area (Å²) in [5.74, 6) is 2.54. The number of carbonyl (C=O) groups excluding carboxylic acids is 2. The molecule has 188 valence electrons. The average Bonchev–Trinajstić information content (AvgIpc) is 3.28. The maximum Gasteiger partial charge on any atom is 0.254 e.